The summed E-state index contributed by atoms with van der Waals surface area (Å²) in [5.74, 6) is -0.212. The number of nitrogens with one attached hydrogen (secondary N) is 1. The van der Waals surface area contributed by atoms with Gasteiger partial charge in [-0.15, -0.1) is 0 Å². The minimum atomic E-state index is -4.61. The number of anilines is 1. The molecule has 10 heteroatoms. The largest absolute Gasteiger partial charge is 0.744 e. The van der Waals surface area contributed by atoms with Crippen molar-refractivity contribution in [2.75, 3.05) is 25.5 Å². The van der Waals surface area contributed by atoms with E-state index in [1.165, 1.54) is 28.9 Å². The van der Waals surface area contributed by atoms with E-state index in [9.17, 15) is 22.6 Å². The van der Waals surface area contributed by atoms with Crippen molar-refractivity contribution in [2.45, 2.75) is 63.7 Å². The van der Waals surface area contributed by atoms with Gasteiger partial charge in [-0.3, -0.25) is 14.6 Å². The molecule has 0 saturated heterocycles. The first-order valence-corrected chi connectivity index (χ1v) is 18.4. The van der Waals surface area contributed by atoms with Gasteiger partial charge in [-0.05, 0) is 86.4 Å². The number of para-hydroxylation sites is 1. The number of likely N-dealkylation sites (N-methyl/N-ethyl adjacent to an activating group) is 1. The molecule has 266 valence electrons. The Morgan fingerprint density at radius 3 is 2.27 bits per heavy atom. The van der Waals surface area contributed by atoms with Crippen LogP contribution in [0.15, 0.2) is 113 Å². The first kappa shape index (κ1) is 37.2. The third-order valence-electron chi connectivity index (χ3n) is 9.87. The van der Waals surface area contributed by atoms with Gasteiger partial charge >= 0.3 is 0 Å². The molecule has 0 unspecified atom stereocenters. The van der Waals surface area contributed by atoms with Gasteiger partial charge in [0.15, 0.2) is 5.71 Å². The molecule has 0 radical (unpaired) electrons. The third-order valence-corrected chi connectivity index (χ3v) is 10.7. The highest BCUT2D eigenvalue weighted by Gasteiger charge is 2.42. The van der Waals surface area contributed by atoms with Gasteiger partial charge in [-0.2, -0.15) is 4.58 Å². The van der Waals surface area contributed by atoms with E-state index in [0.29, 0.717) is 17.7 Å². The smallest absolute Gasteiger partial charge is 0.272 e. The zero-order chi connectivity index (χ0) is 37.3. The molecule has 9 nitrogen and oxygen atoms in total. The zero-order valence-electron chi connectivity index (χ0n) is 30.5. The van der Waals surface area contributed by atoms with Gasteiger partial charge in [-0.1, -0.05) is 57.2 Å². The SMILES string of the molecule is CCCN(N/C=C(\C)C=O)C(=O)c1ccc(C(=C\C=C2\N(C)c3ccc(S(=O)(=O)[O-])cc3C2(C)C)/C=C/C2=[N+](C)c3ccccc3C2(C)C)cc1. The molecule has 0 atom stereocenters. The van der Waals surface area contributed by atoms with Crippen molar-refractivity contribution in [2.24, 2.45) is 0 Å². The van der Waals surface area contributed by atoms with Crippen molar-refractivity contribution in [3.63, 3.8) is 0 Å². The molecule has 0 aliphatic carbocycles. The summed E-state index contributed by atoms with van der Waals surface area (Å²) in [5.41, 5.74) is 10.9. The Balaban J connectivity index is 1.57. The Labute approximate surface area is 301 Å². The van der Waals surface area contributed by atoms with Gasteiger partial charge in [0, 0.05) is 65.4 Å². The number of carbonyl (C=O) groups is 2. The third kappa shape index (κ3) is 7.25. The molecule has 0 saturated carbocycles. The van der Waals surface area contributed by atoms with Crippen molar-refractivity contribution in [1.29, 1.82) is 0 Å². The second kappa shape index (κ2) is 14.3. The number of nitrogens with zero attached hydrogens (tertiary/aromatic N) is 3. The molecule has 3 aromatic carbocycles. The van der Waals surface area contributed by atoms with Gasteiger partial charge in [-0.25, -0.2) is 8.42 Å². The number of fused-ring (bicyclic) bond motifs is 2. The maximum Gasteiger partial charge on any atom is 0.272 e. The maximum absolute atomic E-state index is 13.5. The maximum atomic E-state index is 13.5. The van der Waals surface area contributed by atoms with Crippen LogP contribution in [-0.4, -0.2) is 61.1 Å². The number of amides is 1. The Bertz CT molecular complexity index is 2140. The fourth-order valence-corrected chi connectivity index (χ4v) is 7.48. The quantitative estimate of drug-likeness (QED) is 0.0570. The highest BCUT2D eigenvalue weighted by atomic mass is 32.2. The molecule has 2 aliphatic heterocycles. The second-order valence-electron chi connectivity index (χ2n) is 14.1. The van der Waals surface area contributed by atoms with E-state index in [1.54, 1.807) is 25.1 Å². The average molecular weight is 707 g/mol. The van der Waals surface area contributed by atoms with Crippen LogP contribution in [-0.2, 0) is 25.7 Å². The summed E-state index contributed by atoms with van der Waals surface area (Å²) in [6, 6.07) is 20.4. The number of hydrogen-bond acceptors (Lipinski definition) is 7. The molecular weight excluding hydrogens is 661 g/mol. The monoisotopic (exact) mass is 706 g/mol. The van der Waals surface area contributed by atoms with E-state index in [4.69, 9.17) is 0 Å². The second-order valence-corrected chi connectivity index (χ2v) is 15.5. The lowest BCUT2D eigenvalue weighted by Crippen LogP contribution is -2.40. The molecule has 0 fully saturated rings. The van der Waals surface area contributed by atoms with Crippen LogP contribution in [0.5, 0.6) is 0 Å². The summed E-state index contributed by atoms with van der Waals surface area (Å²) < 4.78 is 37.8. The molecule has 2 aliphatic rings. The molecule has 51 heavy (non-hydrogen) atoms. The van der Waals surface area contributed by atoms with Crippen LogP contribution in [0.3, 0.4) is 0 Å². The first-order chi connectivity index (χ1) is 24.0. The number of allylic oxidation sites excluding steroid dienone is 7. The van der Waals surface area contributed by atoms with Gasteiger partial charge in [0.25, 0.3) is 5.91 Å². The van der Waals surface area contributed by atoms with Crippen molar-refractivity contribution in [1.82, 2.24) is 10.4 Å². The van der Waals surface area contributed by atoms with E-state index in [2.05, 4.69) is 61.2 Å². The van der Waals surface area contributed by atoms with E-state index < -0.39 is 15.5 Å². The van der Waals surface area contributed by atoms with Crippen LogP contribution in [0.4, 0.5) is 11.4 Å². The highest BCUT2D eigenvalue weighted by molar-refractivity contribution is 7.85. The molecule has 3 aromatic rings. The fraction of sp³-hybridized carbons (Fsp3) is 0.293. The lowest BCUT2D eigenvalue weighted by atomic mass is 9.81. The van der Waals surface area contributed by atoms with E-state index in [1.807, 2.05) is 63.1 Å². The van der Waals surface area contributed by atoms with E-state index in [-0.39, 0.29) is 16.2 Å². The van der Waals surface area contributed by atoms with Crippen molar-refractivity contribution < 1.29 is 27.1 Å². The van der Waals surface area contributed by atoms with Gasteiger partial charge < -0.3 is 14.9 Å². The normalized spacial score (nSPS) is 17.6. The minimum absolute atomic E-state index is 0.212. The minimum Gasteiger partial charge on any atom is -0.744 e. The number of hydrogen-bond donors (Lipinski definition) is 1. The summed E-state index contributed by atoms with van der Waals surface area (Å²) in [4.78, 5) is 26.3. The molecule has 1 N–H and O–H groups in total. The number of rotatable bonds is 11. The first-order valence-electron chi connectivity index (χ1n) is 17.0. The molecule has 5 rings (SSSR count). The molecular formula is C41H46N4O5S. The molecule has 2 heterocycles. The van der Waals surface area contributed by atoms with E-state index >= 15 is 0 Å². The van der Waals surface area contributed by atoms with Crippen molar-refractivity contribution in [3.8, 4) is 0 Å². The highest BCUT2D eigenvalue weighted by Crippen LogP contribution is 2.48. The number of aldehydes is 1. The zero-order valence-corrected chi connectivity index (χ0v) is 31.3. The lowest BCUT2D eigenvalue weighted by molar-refractivity contribution is -0.401. The number of hydrazine groups is 1. The van der Waals surface area contributed by atoms with Crippen LogP contribution < -0.4 is 10.3 Å². The van der Waals surface area contributed by atoms with Gasteiger partial charge in [0.1, 0.15) is 23.5 Å². The van der Waals surface area contributed by atoms with Crippen LogP contribution in [0.25, 0.3) is 5.57 Å². The van der Waals surface area contributed by atoms with Gasteiger partial charge in [0.2, 0.25) is 5.69 Å². The predicted octanol–water partition coefficient (Wildman–Crippen LogP) is 7.01. The van der Waals surface area contributed by atoms with E-state index in [0.717, 1.165) is 52.2 Å². The summed E-state index contributed by atoms with van der Waals surface area (Å²) in [7, 11) is -0.607. The Hall–Kier alpha value is -5.06. The molecule has 0 aromatic heterocycles. The number of benzene rings is 3. The van der Waals surface area contributed by atoms with Crippen LogP contribution in [0.2, 0.25) is 0 Å². The number of carbonyl (C=O) groups excluding carboxylic acids is 2. The van der Waals surface area contributed by atoms with Crippen LogP contribution in [0, 0.1) is 0 Å². The Morgan fingerprint density at radius 1 is 0.980 bits per heavy atom. The average Bonchev–Trinajstić information content (AvgIpc) is 3.42. The van der Waals surface area contributed by atoms with Crippen LogP contribution >= 0.6 is 0 Å². The standard InChI is InChI=1S/C41H46N4O5S/c1-9-24-45(42-26-28(2)27-46)39(47)31-16-14-29(15-17-31)30(18-22-37-40(3,4)33-12-10-11-13-35(33)43(37)7)19-23-38-41(5,6)34-25-32(51(48,49)50)20-21-36(34)44(38)8/h10-23,25-27H,9,24H2,1-8H3,(H-,42,46,48,49,50). The summed E-state index contributed by atoms with van der Waals surface area (Å²) in [6.07, 6.45) is 11.3. The topological polar surface area (TPSA) is 113 Å². The molecule has 0 spiro atoms. The predicted molar refractivity (Wildman–Crippen MR) is 202 cm³/mol. The lowest BCUT2D eigenvalue weighted by Gasteiger charge is -2.24. The summed E-state index contributed by atoms with van der Waals surface area (Å²) in [5, 5.41) is 1.49. The summed E-state index contributed by atoms with van der Waals surface area (Å²) >= 11 is 0. The Kier molecular flexibility index (Phi) is 10.4. The van der Waals surface area contributed by atoms with Crippen LogP contribution in [0.1, 0.15) is 75.0 Å². The molecule has 1 amide bonds. The van der Waals surface area contributed by atoms with Crippen molar-refractivity contribution >= 4 is 45.0 Å². The summed E-state index contributed by atoms with van der Waals surface area (Å²) in [6.45, 7) is 12.6. The molecule has 0 bridgehead atoms. The Morgan fingerprint density at radius 2 is 1.65 bits per heavy atom. The fourth-order valence-electron chi connectivity index (χ4n) is 6.98. The van der Waals surface area contributed by atoms with Gasteiger partial charge in [0.05, 0.1) is 10.3 Å². The van der Waals surface area contributed by atoms with Crippen molar-refractivity contribution in [3.05, 3.63) is 131 Å².